The Kier molecular flexibility index (Phi) is 9.35. The maximum atomic E-state index is 5.36. The zero-order chi connectivity index (χ0) is 20.3. The molecule has 0 radical (unpaired) electrons. The Morgan fingerprint density at radius 2 is 1.10 bits per heavy atom. The van der Waals surface area contributed by atoms with Crippen molar-refractivity contribution in [2.24, 2.45) is 0 Å². The fraction of sp³-hybridized carbons (Fsp3) is 0.538. The summed E-state index contributed by atoms with van der Waals surface area (Å²) in [5.74, 6) is 1.65. The maximum Gasteiger partial charge on any atom is 0.130 e. The largest absolute Gasteiger partial charge is 0.496 e. The van der Waals surface area contributed by atoms with Gasteiger partial charge in [-0.1, -0.05) is 74.9 Å². The van der Waals surface area contributed by atoms with Crippen LogP contribution in [0.5, 0.6) is 11.5 Å². The highest BCUT2D eigenvalue weighted by Gasteiger charge is 2.20. The second-order valence-electron chi connectivity index (χ2n) is 8.24. The van der Waals surface area contributed by atoms with Gasteiger partial charge in [0.15, 0.2) is 0 Å². The van der Waals surface area contributed by atoms with Gasteiger partial charge in [0.1, 0.15) is 11.5 Å². The van der Waals surface area contributed by atoms with E-state index >= 15 is 0 Å². The Morgan fingerprint density at radius 3 is 1.55 bits per heavy atom. The molecule has 158 valence electrons. The van der Waals surface area contributed by atoms with Gasteiger partial charge < -0.3 is 9.47 Å². The molecule has 0 spiro atoms. The molecule has 2 fully saturated rings. The average Bonchev–Trinajstić information content (AvgIpc) is 2.81. The van der Waals surface area contributed by atoms with Crippen LogP contribution in [0.25, 0.3) is 11.1 Å². The molecule has 2 aromatic carbocycles. The molecular weight excluding hydrogens is 375 g/mol. The van der Waals surface area contributed by atoms with E-state index in [1.54, 1.807) is 39.9 Å². The van der Waals surface area contributed by atoms with Gasteiger partial charge in [-0.25, -0.2) is 0 Å². The molecule has 2 aromatic rings. The molecule has 0 bridgehead atoms. The fourth-order valence-electron chi connectivity index (χ4n) is 4.61. The van der Waals surface area contributed by atoms with Gasteiger partial charge in [0.05, 0.1) is 19.8 Å². The Hall–Kier alpha value is -1.53. The van der Waals surface area contributed by atoms with Crippen LogP contribution in [0.4, 0.5) is 0 Å². The van der Waals surface area contributed by atoms with E-state index in [-0.39, 0.29) is 0 Å². The SMILES string of the molecule is C1CCC(PC2CCCCC2)CC1.COc1cccc(OC)c1-c1ccccc1. The summed E-state index contributed by atoms with van der Waals surface area (Å²) in [6, 6.07) is 15.9. The zero-order valence-corrected chi connectivity index (χ0v) is 19.2. The molecule has 0 unspecified atom stereocenters. The number of benzene rings is 2. The Balaban J connectivity index is 0.000000169. The predicted molar refractivity (Wildman–Crippen MR) is 127 cm³/mol. The van der Waals surface area contributed by atoms with Crippen LogP contribution in [-0.4, -0.2) is 25.5 Å². The summed E-state index contributed by atoms with van der Waals surface area (Å²) in [6.45, 7) is 0. The first kappa shape index (κ1) is 22.2. The van der Waals surface area contributed by atoms with Gasteiger partial charge in [-0.15, -0.1) is 8.58 Å². The van der Waals surface area contributed by atoms with Crippen molar-refractivity contribution in [2.45, 2.75) is 75.5 Å². The summed E-state index contributed by atoms with van der Waals surface area (Å²) in [5.41, 5.74) is 4.39. The minimum absolute atomic E-state index is 0.825. The fourth-order valence-corrected chi connectivity index (χ4v) is 6.76. The van der Waals surface area contributed by atoms with Crippen LogP contribution in [0.3, 0.4) is 0 Å². The van der Waals surface area contributed by atoms with E-state index in [0.717, 1.165) is 33.9 Å². The summed E-state index contributed by atoms with van der Waals surface area (Å²) >= 11 is 0. The number of hydrogen-bond acceptors (Lipinski definition) is 2. The molecule has 2 nitrogen and oxygen atoms in total. The topological polar surface area (TPSA) is 18.5 Å². The lowest BCUT2D eigenvalue weighted by atomic mass is 10.00. The van der Waals surface area contributed by atoms with Crippen molar-refractivity contribution in [3.8, 4) is 22.6 Å². The lowest BCUT2D eigenvalue weighted by Gasteiger charge is -2.28. The highest BCUT2D eigenvalue weighted by Crippen LogP contribution is 2.41. The van der Waals surface area contributed by atoms with E-state index in [1.807, 2.05) is 48.5 Å². The quantitative estimate of drug-likeness (QED) is 0.468. The van der Waals surface area contributed by atoms with Crippen LogP contribution < -0.4 is 9.47 Å². The second-order valence-corrected chi connectivity index (χ2v) is 10.2. The van der Waals surface area contributed by atoms with Crippen LogP contribution in [0.1, 0.15) is 64.2 Å². The molecule has 0 saturated heterocycles. The minimum Gasteiger partial charge on any atom is -0.496 e. The van der Waals surface area contributed by atoms with Crippen molar-refractivity contribution in [3.63, 3.8) is 0 Å². The van der Waals surface area contributed by atoms with Gasteiger partial charge in [-0.2, -0.15) is 0 Å². The highest BCUT2D eigenvalue weighted by atomic mass is 31.1. The van der Waals surface area contributed by atoms with Gasteiger partial charge in [-0.05, 0) is 54.7 Å². The Morgan fingerprint density at radius 1 is 0.621 bits per heavy atom. The van der Waals surface area contributed by atoms with E-state index in [2.05, 4.69) is 0 Å². The molecule has 4 rings (SSSR count). The molecule has 0 N–H and O–H groups in total. The van der Waals surface area contributed by atoms with Crippen LogP contribution >= 0.6 is 8.58 Å². The highest BCUT2D eigenvalue weighted by molar-refractivity contribution is 7.39. The van der Waals surface area contributed by atoms with E-state index < -0.39 is 0 Å². The van der Waals surface area contributed by atoms with Gasteiger partial charge in [0.25, 0.3) is 0 Å². The molecule has 29 heavy (non-hydrogen) atoms. The normalized spacial score (nSPS) is 17.9. The smallest absolute Gasteiger partial charge is 0.130 e. The van der Waals surface area contributed by atoms with Crippen LogP contribution in [0.2, 0.25) is 0 Å². The summed E-state index contributed by atoms with van der Waals surface area (Å²) in [5, 5.41) is 0. The third-order valence-corrected chi connectivity index (χ3v) is 8.27. The van der Waals surface area contributed by atoms with Gasteiger partial charge >= 0.3 is 0 Å². The number of ether oxygens (including phenoxy) is 2. The molecule has 0 aliphatic heterocycles. The van der Waals surface area contributed by atoms with Gasteiger partial charge in [0, 0.05) is 0 Å². The zero-order valence-electron chi connectivity index (χ0n) is 18.2. The van der Waals surface area contributed by atoms with Crippen molar-refractivity contribution in [1.29, 1.82) is 0 Å². The van der Waals surface area contributed by atoms with Crippen LogP contribution in [0.15, 0.2) is 48.5 Å². The number of hydrogen-bond donors (Lipinski definition) is 0. The lowest BCUT2D eigenvalue weighted by Crippen LogP contribution is -2.14. The third kappa shape index (κ3) is 6.75. The molecule has 0 amide bonds. The number of methoxy groups -OCH3 is 2. The van der Waals surface area contributed by atoms with E-state index in [9.17, 15) is 0 Å². The maximum absolute atomic E-state index is 5.36. The van der Waals surface area contributed by atoms with E-state index in [1.165, 1.54) is 47.1 Å². The summed E-state index contributed by atoms with van der Waals surface area (Å²) in [4.78, 5) is 0. The Labute approximate surface area is 179 Å². The third-order valence-electron chi connectivity index (χ3n) is 6.17. The van der Waals surface area contributed by atoms with Crippen LogP contribution in [0, 0.1) is 0 Å². The molecule has 2 aliphatic carbocycles. The average molecular weight is 413 g/mol. The molecule has 3 heteroatoms. The second kappa shape index (κ2) is 12.2. The van der Waals surface area contributed by atoms with E-state index in [4.69, 9.17) is 9.47 Å². The molecule has 0 aromatic heterocycles. The predicted octanol–water partition coefficient (Wildman–Crippen LogP) is 7.70. The van der Waals surface area contributed by atoms with E-state index in [0.29, 0.717) is 0 Å². The molecule has 2 aliphatic rings. The summed E-state index contributed by atoms with van der Waals surface area (Å²) in [7, 11) is 4.67. The first-order chi connectivity index (χ1) is 14.3. The van der Waals surface area contributed by atoms with Gasteiger partial charge in [0.2, 0.25) is 0 Å². The lowest BCUT2D eigenvalue weighted by molar-refractivity contribution is 0.397. The molecule has 2 saturated carbocycles. The summed E-state index contributed by atoms with van der Waals surface area (Å²) < 4.78 is 10.7. The summed E-state index contributed by atoms with van der Waals surface area (Å²) in [6.07, 6.45) is 15.4. The molecular formula is C26H37O2P. The van der Waals surface area contributed by atoms with Gasteiger partial charge in [-0.3, -0.25) is 0 Å². The van der Waals surface area contributed by atoms with Crippen molar-refractivity contribution in [2.75, 3.05) is 14.2 Å². The van der Waals surface area contributed by atoms with Crippen molar-refractivity contribution in [1.82, 2.24) is 0 Å². The Bertz CT molecular complexity index is 666. The molecule has 0 heterocycles. The minimum atomic E-state index is 0.825. The standard InChI is InChI=1S/C14H14O2.C12H23P/c1-15-12-9-6-10-13(16-2)14(12)11-7-4-3-5-8-11;1-3-7-11(8-4-1)13-12-9-5-2-6-10-12/h3-10H,1-2H3;11-13H,1-10H2. The van der Waals surface area contributed by atoms with Crippen molar-refractivity contribution >= 4 is 8.58 Å². The number of rotatable bonds is 5. The first-order valence-corrected chi connectivity index (χ1v) is 12.5. The first-order valence-electron chi connectivity index (χ1n) is 11.3. The monoisotopic (exact) mass is 412 g/mol. The molecule has 0 atom stereocenters. The van der Waals surface area contributed by atoms with Crippen LogP contribution in [-0.2, 0) is 0 Å². The van der Waals surface area contributed by atoms with Crippen molar-refractivity contribution in [3.05, 3.63) is 48.5 Å². The van der Waals surface area contributed by atoms with Crippen molar-refractivity contribution < 1.29 is 9.47 Å².